The zero-order chi connectivity index (χ0) is 27.2. The average Bonchev–Trinajstić information content (AvgIpc) is 3.32. The number of allylic oxidation sites excluding steroid dienone is 1. The molecule has 3 aromatic rings. The van der Waals surface area contributed by atoms with Crippen LogP contribution in [0.2, 0.25) is 0 Å². The summed E-state index contributed by atoms with van der Waals surface area (Å²) < 4.78 is 5.24. The lowest BCUT2D eigenvalue weighted by molar-refractivity contribution is -0.112. The van der Waals surface area contributed by atoms with Crippen molar-refractivity contribution >= 4 is 40.6 Å². The Morgan fingerprint density at radius 1 is 1.03 bits per heavy atom. The van der Waals surface area contributed by atoms with Gasteiger partial charge in [0.15, 0.2) is 0 Å². The number of hydrogen-bond acceptors (Lipinski definition) is 6. The van der Waals surface area contributed by atoms with Crippen molar-refractivity contribution in [2.45, 2.75) is 20.8 Å². The fourth-order valence-corrected chi connectivity index (χ4v) is 5.26. The summed E-state index contributed by atoms with van der Waals surface area (Å²) in [7, 11) is 1.66. The van der Waals surface area contributed by atoms with Crippen LogP contribution in [0.1, 0.15) is 35.3 Å². The highest BCUT2D eigenvalue weighted by molar-refractivity contribution is 7.08. The van der Waals surface area contributed by atoms with E-state index in [1.54, 1.807) is 13.2 Å². The number of thiophene rings is 1. The Kier molecular flexibility index (Phi) is 8.53. The van der Waals surface area contributed by atoms with Gasteiger partial charge in [-0.15, -0.1) is 11.3 Å². The van der Waals surface area contributed by atoms with Crippen LogP contribution in [0.3, 0.4) is 0 Å². The number of anilines is 2. The van der Waals surface area contributed by atoms with E-state index in [9.17, 15) is 9.59 Å². The fourth-order valence-electron chi connectivity index (χ4n) is 4.48. The summed E-state index contributed by atoms with van der Waals surface area (Å²) >= 11 is 1.54. The molecule has 2 aromatic carbocycles. The standard InChI is InChI=1S/C30H34N4O3S/c1-20(2)28(29(35)32-27-19-38-18-21(27)3)26(31)17-22-6-5-7-23(16-22)30(36)34-14-12-33(13-15-34)24-8-10-25(37-4)11-9-24/h5-11,16-19H,12-15,31H2,1-4H3,(H,32,35)/b26-17-. The number of carbonyl (C=O) groups excluding carboxylic acids is 2. The second-order valence-electron chi connectivity index (χ2n) is 9.50. The van der Waals surface area contributed by atoms with Gasteiger partial charge in [0.25, 0.3) is 11.8 Å². The Labute approximate surface area is 228 Å². The molecule has 0 spiro atoms. The molecule has 2 amide bonds. The van der Waals surface area contributed by atoms with Crippen LogP contribution in [-0.4, -0.2) is 50.0 Å². The van der Waals surface area contributed by atoms with Gasteiger partial charge in [0, 0.05) is 48.5 Å². The van der Waals surface area contributed by atoms with E-state index in [2.05, 4.69) is 10.2 Å². The molecular formula is C30H34N4O3S. The summed E-state index contributed by atoms with van der Waals surface area (Å²) in [4.78, 5) is 30.5. The first-order valence-electron chi connectivity index (χ1n) is 12.5. The third-order valence-corrected chi connectivity index (χ3v) is 7.44. The summed E-state index contributed by atoms with van der Waals surface area (Å²) in [5.74, 6) is 0.565. The summed E-state index contributed by atoms with van der Waals surface area (Å²) in [5.41, 5.74) is 12.3. The molecule has 3 N–H and O–H groups in total. The fraction of sp³-hybridized carbons (Fsp3) is 0.267. The minimum absolute atomic E-state index is 0.0127. The maximum atomic E-state index is 13.3. The molecule has 38 heavy (non-hydrogen) atoms. The average molecular weight is 531 g/mol. The van der Waals surface area contributed by atoms with Crippen LogP contribution in [0.25, 0.3) is 6.08 Å². The normalized spacial score (nSPS) is 13.7. The van der Waals surface area contributed by atoms with Crippen molar-refractivity contribution in [3.63, 3.8) is 0 Å². The number of nitrogens with two attached hydrogens (primary N) is 1. The van der Waals surface area contributed by atoms with Gasteiger partial charge in [-0.25, -0.2) is 0 Å². The number of carbonyl (C=O) groups is 2. The Morgan fingerprint density at radius 2 is 1.74 bits per heavy atom. The van der Waals surface area contributed by atoms with E-state index < -0.39 is 0 Å². The van der Waals surface area contributed by atoms with Crippen molar-refractivity contribution < 1.29 is 14.3 Å². The lowest BCUT2D eigenvalue weighted by Crippen LogP contribution is -2.48. The lowest BCUT2D eigenvalue weighted by Gasteiger charge is -2.36. The van der Waals surface area contributed by atoms with Crippen LogP contribution in [0, 0.1) is 6.92 Å². The number of rotatable bonds is 7. The van der Waals surface area contributed by atoms with Crippen LogP contribution in [-0.2, 0) is 4.79 Å². The minimum Gasteiger partial charge on any atom is -0.497 e. The highest BCUT2D eigenvalue weighted by atomic mass is 32.1. The number of benzene rings is 2. The molecule has 0 atom stereocenters. The molecule has 0 saturated carbocycles. The first-order chi connectivity index (χ1) is 18.3. The number of hydrogen-bond donors (Lipinski definition) is 2. The highest BCUT2D eigenvalue weighted by Crippen LogP contribution is 2.24. The molecule has 0 bridgehead atoms. The van der Waals surface area contributed by atoms with Gasteiger partial charge in [0.2, 0.25) is 0 Å². The van der Waals surface area contributed by atoms with Gasteiger partial charge in [0.05, 0.1) is 18.4 Å². The maximum absolute atomic E-state index is 13.3. The summed E-state index contributed by atoms with van der Waals surface area (Å²) in [6.45, 7) is 8.47. The van der Waals surface area contributed by atoms with E-state index >= 15 is 0 Å². The van der Waals surface area contributed by atoms with E-state index in [1.807, 2.05) is 85.0 Å². The molecule has 1 saturated heterocycles. The quantitative estimate of drug-likeness (QED) is 0.320. The predicted molar refractivity (Wildman–Crippen MR) is 156 cm³/mol. The Balaban J connectivity index is 1.44. The monoisotopic (exact) mass is 530 g/mol. The van der Waals surface area contributed by atoms with Crippen molar-refractivity contribution in [1.82, 2.24) is 4.90 Å². The van der Waals surface area contributed by atoms with Crippen LogP contribution in [0.4, 0.5) is 11.4 Å². The smallest absolute Gasteiger partial charge is 0.257 e. The van der Waals surface area contributed by atoms with E-state index in [0.717, 1.165) is 46.9 Å². The zero-order valence-electron chi connectivity index (χ0n) is 22.3. The Hall–Kier alpha value is -4.04. The number of aryl methyl sites for hydroxylation is 1. The molecule has 1 aliphatic heterocycles. The molecular weight excluding hydrogens is 496 g/mol. The van der Waals surface area contributed by atoms with E-state index in [0.29, 0.717) is 29.9 Å². The number of nitrogens with one attached hydrogen (secondary N) is 1. The highest BCUT2D eigenvalue weighted by Gasteiger charge is 2.23. The zero-order valence-corrected chi connectivity index (χ0v) is 23.1. The van der Waals surface area contributed by atoms with Gasteiger partial charge >= 0.3 is 0 Å². The summed E-state index contributed by atoms with van der Waals surface area (Å²) in [6, 6.07) is 15.4. The van der Waals surface area contributed by atoms with Gasteiger partial charge in [-0.05, 0) is 79.8 Å². The third kappa shape index (κ3) is 6.26. The van der Waals surface area contributed by atoms with Gasteiger partial charge < -0.3 is 25.6 Å². The molecule has 198 valence electrons. The summed E-state index contributed by atoms with van der Waals surface area (Å²) in [5, 5.41) is 6.84. The molecule has 0 radical (unpaired) electrons. The van der Waals surface area contributed by atoms with Crippen molar-refractivity contribution in [3.8, 4) is 5.75 Å². The van der Waals surface area contributed by atoms with Crippen molar-refractivity contribution in [2.24, 2.45) is 5.73 Å². The van der Waals surface area contributed by atoms with Crippen LogP contribution in [0.5, 0.6) is 5.75 Å². The largest absolute Gasteiger partial charge is 0.497 e. The maximum Gasteiger partial charge on any atom is 0.257 e. The second kappa shape index (κ2) is 12.0. The number of ether oxygens (including phenoxy) is 1. The molecule has 0 aliphatic carbocycles. The van der Waals surface area contributed by atoms with Gasteiger partial charge in [-0.1, -0.05) is 17.7 Å². The number of nitrogens with zero attached hydrogens (tertiary/aromatic N) is 2. The van der Waals surface area contributed by atoms with Gasteiger partial charge in [-0.2, -0.15) is 0 Å². The molecule has 1 aromatic heterocycles. The molecule has 8 heteroatoms. The first kappa shape index (κ1) is 27.0. The number of amides is 2. The van der Waals surface area contributed by atoms with Gasteiger partial charge in [0.1, 0.15) is 5.75 Å². The number of methoxy groups -OCH3 is 1. The lowest BCUT2D eigenvalue weighted by atomic mass is 10.0. The molecule has 7 nitrogen and oxygen atoms in total. The molecule has 4 rings (SSSR count). The van der Waals surface area contributed by atoms with Crippen molar-refractivity contribution in [1.29, 1.82) is 0 Å². The van der Waals surface area contributed by atoms with Crippen LogP contribution >= 0.6 is 11.3 Å². The number of piperazine rings is 1. The molecule has 2 heterocycles. The first-order valence-corrected chi connectivity index (χ1v) is 13.5. The van der Waals surface area contributed by atoms with Gasteiger partial charge in [-0.3, -0.25) is 9.59 Å². The van der Waals surface area contributed by atoms with Crippen LogP contribution < -0.4 is 20.7 Å². The van der Waals surface area contributed by atoms with Crippen LogP contribution in [0.15, 0.2) is 76.1 Å². The second-order valence-corrected chi connectivity index (χ2v) is 10.2. The van der Waals surface area contributed by atoms with Crippen molar-refractivity contribution in [3.05, 3.63) is 92.8 Å². The third-order valence-electron chi connectivity index (χ3n) is 6.58. The molecule has 1 fully saturated rings. The Bertz CT molecular complexity index is 1360. The SMILES string of the molecule is COc1ccc(N2CCN(C(=O)c3cccc(/C=C(\N)C(C(=O)Nc4cscc4C)=C(C)C)c3)CC2)cc1. The minimum atomic E-state index is -0.248. The topological polar surface area (TPSA) is 87.9 Å². The predicted octanol–water partition coefficient (Wildman–Crippen LogP) is 5.30. The summed E-state index contributed by atoms with van der Waals surface area (Å²) in [6.07, 6.45) is 1.75. The van der Waals surface area contributed by atoms with E-state index in [-0.39, 0.29) is 11.8 Å². The molecule has 1 aliphatic rings. The van der Waals surface area contributed by atoms with E-state index in [1.165, 1.54) is 11.3 Å². The molecule has 0 unspecified atom stereocenters. The van der Waals surface area contributed by atoms with Crippen molar-refractivity contribution in [2.75, 3.05) is 43.5 Å². The Morgan fingerprint density at radius 3 is 2.34 bits per heavy atom. The van der Waals surface area contributed by atoms with E-state index in [4.69, 9.17) is 10.5 Å².